The number of aryl methyl sites for hydroxylation is 2. The van der Waals surface area contributed by atoms with Gasteiger partial charge in [0.05, 0.1) is 35.6 Å². The monoisotopic (exact) mass is 806 g/mol. The predicted molar refractivity (Wildman–Crippen MR) is 189 cm³/mol. The van der Waals surface area contributed by atoms with Crippen LogP contribution in [0.2, 0.25) is 0 Å². The maximum atomic E-state index is 15.4. The van der Waals surface area contributed by atoms with E-state index in [1.807, 2.05) is 56.3 Å². The van der Waals surface area contributed by atoms with Crippen LogP contribution in [0.1, 0.15) is 76.8 Å². The first-order valence-electron chi connectivity index (χ1n) is 16.2. The molecule has 2 aliphatic rings. The molecule has 6 rings (SSSR count). The molecule has 1 saturated heterocycles. The number of aromatic nitrogens is 4. The third-order valence-corrected chi connectivity index (χ3v) is 8.21. The van der Waals surface area contributed by atoms with Crippen LogP contribution in [0.3, 0.4) is 0 Å². The van der Waals surface area contributed by atoms with Crippen molar-refractivity contribution >= 4 is 22.8 Å². The van der Waals surface area contributed by atoms with Crippen LogP contribution in [-0.2, 0) is 24.7 Å². The maximum Gasteiger partial charge on any atom is 0.307 e. The van der Waals surface area contributed by atoms with Gasteiger partial charge in [-0.15, -0.1) is 0 Å². The Morgan fingerprint density at radius 1 is 1.14 bits per heavy atom. The molecule has 1 aromatic carbocycles. The van der Waals surface area contributed by atoms with Gasteiger partial charge in [-0.3, -0.25) is 4.79 Å². The summed E-state index contributed by atoms with van der Waals surface area (Å²) in [5.74, 6) is -0.422. The Bertz CT molecular complexity index is 1780. The second-order valence-electron chi connectivity index (χ2n) is 13.3. The molecule has 1 fully saturated rings. The Morgan fingerprint density at radius 2 is 1.80 bits per heavy atom. The Kier molecular flexibility index (Phi) is 14.7. The molecule has 1 unspecified atom stereocenters. The van der Waals surface area contributed by atoms with Crippen molar-refractivity contribution in [2.24, 2.45) is 7.05 Å². The molecule has 5 heterocycles. The van der Waals surface area contributed by atoms with Gasteiger partial charge in [0.15, 0.2) is 11.6 Å². The van der Waals surface area contributed by atoms with E-state index >= 15 is 4.39 Å². The fourth-order valence-corrected chi connectivity index (χ4v) is 6.12. The first-order chi connectivity index (χ1) is 22.0. The Hall–Kier alpha value is -2.74. The van der Waals surface area contributed by atoms with Crippen LogP contribution in [0.25, 0.3) is 33.5 Å². The van der Waals surface area contributed by atoms with Gasteiger partial charge in [0.2, 0.25) is 0 Å². The number of carboxylic acid groups (broad SMARTS) is 1. The normalized spacial score (nSPS) is 16.6. The molecular formula is C37H51FN5NdO5-. The van der Waals surface area contributed by atoms with Crippen molar-refractivity contribution < 1.29 is 70.1 Å². The van der Waals surface area contributed by atoms with E-state index in [1.54, 1.807) is 27.7 Å². The summed E-state index contributed by atoms with van der Waals surface area (Å²) in [4.78, 5) is 27.8. The van der Waals surface area contributed by atoms with Gasteiger partial charge in [0.1, 0.15) is 17.8 Å². The minimum absolute atomic E-state index is 0. The number of halogens is 1. The van der Waals surface area contributed by atoms with E-state index in [-0.39, 0.29) is 60.4 Å². The number of anilines is 1. The van der Waals surface area contributed by atoms with Crippen LogP contribution in [0.4, 0.5) is 10.2 Å². The van der Waals surface area contributed by atoms with Gasteiger partial charge in [-0.2, -0.15) is 0 Å². The van der Waals surface area contributed by atoms with E-state index in [4.69, 9.17) is 14.8 Å². The van der Waals surface area contributed by atoms with Crippen LogP contribution < -0.4 is 9.64 Å². The van der Waals surface area contributed by atoms with Crippen molar-refractivity contribution in [1.29, 1.82) is 0 Å². The van der Waals surface area contributed by atoms with Crippen molar-refractivity contribution in [2.75, 3.05) is 24.6 Å². The second-order valence-corrected chi connectivity index (χ2v) is 13.3. The van der Waals surface area contributed by atoms with E-state index in [0.29, 0.717) is 66.3 Å². The van der Waals surface area contributed by atoms with Gasteiger partial charge in [-0.1, -0.05) is 13.8 Å². The number of pyridine rings is 1. The summed E-state index contributed by atoms with van der Waals surface area (Å²) in [5, 5.41) is 29.5. The first kappa shape index (κ1) is 42.4. The Morgan fingerprint density at radius 3 is 2.39 bits per heavy atom. The number of hydrogen-bond donors (Lipinski definition) is 3. The largest absolute Gasteiger partial charge is 0.490 e. The summed E-state index contributed by atoms with van der Waals surface area (Å²) in [6, 6.07) is 5.30. The number of carbonyl (C=O) groups is 1. The third-order valence-electron chi connectivity index (χ3n) is 8.21. The summed E-state index contributed by atoms with van der Waals surface area (Å²) < 4.78 is 23.0. The fraction of sp³-hybridized carbons (Fsp3) is 0.486. The van der Waals surface area contributed by atoms with Crippen molar-refractivity contribution in [1.82, 2.24) is 19.5 Å². The quantitative estimate of drug-likeness (QED) is 0.190. The summed E-state index contributed by atoms with van der Waals surface area (Å²) in [6.45, 7) is 16.4. The minimum atomic E-state index is -0.983. The van der Waals surface area contributed by atoms with Crippen molar-refractivity contribution in [2.45, 2.75) is 92.3 Å². The number of aliphatic hydroxyl groups is 2. The zero-order chi connectivity index (χ0) is 34.8. The molecule has 0 aliphatic carbocycles. The number of nitrogens with zero attached hydrogens (tertiary/aromatic N) is 5. The molecule has 266 valence electrons. The van der Waals surface area contributed by atoms with Crippen LogP contribution in [0.5, 0.6) is 5.75 Å². The van der Waals surface area contributed by atoms with Crippen molar-refractivity contribution in [3.63, 3.8) is 0 Å². The van der Waals surface area contributed by atoms with Gasteiger partial charge >= 0.3 is 5.97 Å². The fourth-order valence-electron chi connectivity index (χ4n) is 6.12. The van der Waals surface area contributed by atoms with E-state index in [9.17, 15) is 15.0 Å². The second kappa shape index (κ2) is 17.0. The molecule has 12 heteroatoms. The average molecular weight is 809 g/mol. The van der Waals surface area contributed by atoms with E-state index in [2.05, 4.69) is 9.97 Å². The maximum absolute atomic E-state index is 15.4. The molecule has 10 nitrogen and oxygen atoms in total. The van der Waals surface area contributed by atoms with Crippen molar-refractivity contribution in [3.05, 3.63) is 60.2 Å². The van der Waals surface area contributed by atoms with Crippen molar-refractivity contribution in [3.8, 4) is 28.3 Å². The SMILES string of the molecule is CC.CC(C)(C)O.Cc1nc2c(cc(-c3cc(N4CCC(C)(O)C4)ncn3)n2C)c(-c2cc(F)c3c(c2C)CCCO3)c1CC(=O)O.[CH3-].[Nd]. The molecular weight excluding hydrogens is 758 g/mol. The standard InChI is InChI=1S/C30H32FN5O4.C4H10O.C2H6.CH3.Nd/c1-16-18-6-5-9-40-28(18)22(31)10-19(16)27-20(12-26(37)38)17(2)34-29-21(27)11-24(35(29)4)23-13-25(33-15-32-23)36-8-7-30(3,39)14-36;1-4(2,3)5;1-2;;/h10-11,13,15,39H,5-9,12,14H2,1-4H3,(H,37,38);5H,1-3H3;1-2H3;1H3;/q;;;-1;. The molecule has 0 amide bonds. The summed E-state index contributed by atoms with van der Waals surface area (Å²) >= 11 is 0. The summed E-state index contributed by atoms with van der Waals surface area (Å²) in [5.41, 5.74) is 4.97. The van der Waals surface area contributed by atoms with Crippen LogP contribution in [0, 0.1) is 67.9 Å². The number of aliphatic carboxylic acids is 1. The van der Waals surface area contributed by atoms with Gasteiger partial charge < -0.3 is 37.0 Å². The predicted octanol–water partition coefficient (Wildman–Crippen LogP) is 6.62. The van der Waals surface area contributed by atoms with Gasteiger partial charge in [0.25, 0.3) is 0 Å². The van der Waals surface area contributed by atoms with E-state index in [0.717, 1.165) is 34.4 Å². The minimum Gasteiger partial charge on any atom is -0.490 e. The molecule has 2 aliphatic heterocycles. The zero-order valence-electron chi connectivity index (χ0n) is 30.5. The first-order valence-corrected chi connectivity index (χ1v) is 16.2. The smallest absolute Gasteiger partial charge is 0.307 e. The molecule has 0 saturated carbocycles. The topological polar surface area (TPSA) is 134 Å². The Balaban J connectivity index is 0.000000852. The number of fused-ring (bicyclic) bond motifs is 2. The molecule has 3 N–H and O–H groups in total. The average Bonchev–Trinajstić information content (AvgIpc) is 3.54. The molecule has 0 spiro atoms. The number of hydrogen-bond acceptors (Lipinski definition) is 8. The Labute approximate surface area is 322 Å². The van der Waals surface area contributed by atoms with Gasteiger partial charge in [-0.05, 0) is 95.2 Å². The zero-order valence-corrected chi connectivity index (χ0v) is 33.7. The molecule has 0 radical (unpaired) electrons. The number of benzene rings is 1. The van der Waals surface area contributed by atoms with Gasteiger partial charge in [0, 0.05) is 83.7 Å². The van der Waals surface area contributed by atoms with Crippen LogP contribution in [0.15, 0.2) is 24.5 Å². The molecule has 4 aromatic rings. The third kappa shape index (κ3) is 9.74. The number of ether oxygens (including phenoxy) is 1. The van der Waals surface area contributed by atoms with E-state index in [1.165, 1.54) is 12.4 Å². The number of carboxylic acids is 1. The number of β-amino-alcohol motifs (C(OH)–C–C–N with tert-alkyl or cyclic N) is 1. The van der Waals surface area contributed by atoms with Crippen LogP contribution in [-0.4, -0.2) is 71.7 Å². The van der Waals surface area contributed by atoms with Crippen LogP contribution >= 0.6 is 0 Å². The molecule has 49 heavy (non-hydrogen) atoms. The van der Waals surface area contributed by atoms with Gasteiger partial charge in [-0.25, -0.2) is 19.3 Å². The van der Waals surface area contributed by atoms with E-state index < -0.39 is 23.0 Å². The molecule has 1 atom stereocenters. The summed E-state index contributed by atoms with van der Waals surface area (Å²) in [6.07, 6.45) is 3.41. The molecule has 0 bridgehead atoms. The number of rotatable bonds is 5. The molecule has 3 aromatic heterocycles. The summed E-state index contributed by atoms with van der Waals surface area (Å²) in [7, 11) is 1.89.